The van der Waals surface area contributed by atoms with Gasteiger partial charge in [0.05, 0.1) is 0 Å². The lowest BCUT2D eigenvalue weighted by molar-refractivity contribution is 0.211. The van der Waals surface area contributed by atoms with Gasteiger partial charge in [0.25, 0.3) is 10.2 Å². The van der Waals surface area contributed by atoms with Crippen LogP contribution in [0.2, 0.25) is 0 Å². The summed E-state index contributed by atoms with van der Waals surface area (Å²) >= 11 is 0. The minimum absolute atomic E-state index is 0.175. The van der Waals surface area contributed by atoms with Crippen LogP contribution in [0.4, 0.5) is 0 Å². The van der Waals surface area contributed by atoms with E-state index in [1.54, 1.807) is 12.1 Å². The van der Waals surface area contributed by atoms with Crippen molar-refractivity contribution in [2.75, 3.05) is 13.1 Å². The van der Waals surface area contributed by atoms with Gasteiger partial charge in [0.2, 0.25) is 10.0 Å². The smallest absolute Gasteiger partial charge is 0.276 e. The Morgan fingerprint density at radius 1 is 1.00 bits per heavy atom. The standard InChI is InChI=1S/C22H30N4O4S2/c1-2-22(20-10-8-18(16-23)9-11-20)31(27,28)26(17-19-6-4-3-5-7-19)21-12-14-25(15-13-21)32(24,29)30/h2-11,21-22H,1,12-17,23H2,(H2,24,29,30). The fourth-order valence-corrected chi connectivity index (χ4v) is 6.70. The second-order valence-electron chi connectivity index (χ2n) is 7.85. The highest BCUT2D eigenvalue weighted by atomic mass is 32.2. The van der Waals surface area contributed by atoms with Gasteiger partial charge in [-0.05, 0) is 29.5 Å². The Kier molecular flexibility index (Phi) is 7.86. The molecule has 1 saturated heterocycles. The van der Waals surface area contributed by atoms with Crippen LogP contribution in [0.1, 0.15) is 34.8 Å². The van der Waals surface area contributed by atoms with Crippen molar-refractivity contribution in [1.29, 1.82) is 0 Å². The molecule has 4 N–H and O–H groups in total. The first-order valence-corrected chi connectivity index (χ1v) is 13.4. The van der Waals surface area contributed by atoms with Gasteiger partial charge in [-0.15, -0.1) is 6.58 Å². The zero-order valence-corrected chi connectivity index (χ0v) is 19.5. The Morgan fingerprint density at radius 2 is 1.59 bits per heavy atom. The molecule has 0 aliphatic carbocycles. The van der Waals surface area contributed by atoms with Crippen LogP contribution in [-0.2, 0) is 33.3 Å². The molecule has 10 heteroatoms. The molecule has 2 aromatic carbocycles. The minimum atomic E-state index is -3.85. The number of hydrogen-bond donors (Lipinski definition) is 2. The Balaban J connectivity index is 1.94. The third kappa shape index (κ3) is 5.64. The number of nitrogens with zero attached hydrogens (tertiary/aromatic N) is 2. The maximum Gasteiger partial charge on any atom is 0.276 e. The third-order valence-corrected chi connectivity index (χ3v) is 9.05. The van der Waals surface area contributed by atoms with Crippen LogP contribution in [0.25, 0.3) is 0 Å². The predicted octanol–water partition coefficient (Wildman–Crippen LogP) is 1.87. The monoisotopic (exact) mass is 478 g/mol. The van der Waals surface area contributed by atoms with E-state index in [2.05, 4.69) is 6.58 Å². The van der Waals surface area contributed by atoms with Gasteiger partial charge < -0.3 is 5.73 Å². The molecule has 0 spiro atoms. The quantitative estimate of drug-likeness (QED) is 0.532. The van der Waals surface area contributed by atoms with E-state index in [1.165, 1.54) is 14.7 Å². The summed E-state index contributed by atoms with van der Waals surface area (Å²) < 4.78 is 53.8. The van der Waals surface area contributed by atoms with E-state index in [4.69, 9.17) is 10.9 Å². The first-order chi connectivity index (χ1) is 15.2. The number of sulfonamides is 1. The summed E-state index contributed by atoms with van der Waals surface area (Å²) in [7, 11) is -7.65. The molecular formula is C22H30N4O4S2. The summed E-state index contributed by atoms with van der Waals surface area (Å²) in [6.07, 6.45) is 2.15. The lowest BCUT2D eigenvalue weighted by atomic mass is 10.1. The molecule has 1 aliphatic heterocycles. The van der Waals surface area contributed by atoms with Gasteiger partial charge in [-0.3, -0.25) is 0 Å². The number of benzene rings is 2. The molecule has 0 bridgehead atoms. The van der Waals surface area contributed by atoms with E-state index in [0.717, 1.165) is 11.1 Å². The normalized spacial score (nSPS) is 17.3. The summed E-state index contributed by atoms with van der Waals surface area (Å²) in [4.78, 5) is 0. The first kappa shape index (κ1) is 24.6. The van der Waals surface area contributed by atoms with E-state index in [1.807, 2.05) is 42.5 Å². The van der Waals surface area contributed by atoms with Crippen LogP contribution in [-0.4, -0.2) is 44.6 Å². The fraction of sp³-hybridized carbons (Fsp3) is 0.364. The Hall–Kier alpha value is -2.08. The van der Waals surface area contributed by atoms with Crippen LogP contribution in [0.3, 0.4) is 0 Å². The molecule has 1 aliphatic rings. The van der Waals surface area contributed by atoms with Crippen molar-refractivity contribution in [2.24, 2.45) is 10.9 Å². The topological polar surface area (TPSA) is 127 Å². The molecule has 174 valence electrons. The van der Waals surface area contributed by atoms with Crippen molar-refractivity contribution in [2.45, 2.75) is 37.2 Å². The second-order valence-corrected chi connectivity index (χ2v) is 11.4. The fourth-order valence-electron chi connectivity index (χ4n) is 3.99. The molecule has 8 nitrogen and oxygen atoms in total. The van der Waals surface area contributed by atoms with Crippen molar-refractivity contribution in [3.8, 4) is 0 Å². The molecule has 1 heterocycles. The number of rotatable bonds is 9. The van der Waals surface area contributed by atoms with E-state index in [9.17, 15) is 16.8 Å². The van der Waals surface area contributed by atoms with Crippen molar-refractivity contribution in [3.05, 3.63) is 83.9 Å². The molecule has 3 rings (SSSR count). The summed E-state index contributed by atoms with van der Waals surface area (Å²) in [5.74, 6) is 0. The van der Waals surface area contributed by atoms with Gasteiger partial charge in [0, 0.05) is 32.2 Å². The van der Waals surface area contributed by atoms with E-state index in [-0.39, 0.29) is 25.7 Å². The van der Waals surface area contributed by atoms with Gasteiger partial charge in [0.1, 0.15) is 5.25 Å². The highest BCUT2D eigenvalue weighted by molar-refractivity contribution is 7.89. The van der Waals surface area contributed by atoms with Crippen LogP contribution >= 0.6 is 0 Å². The zero-order chi connectivity index (χ0) is 23.4. The van der Waals surface area contributed by atoms with Crippen LogP contribution < -0.4 is 10.9 Å². The highest BCUT2D eigenvalue weighted by Crippen LogP contribution is 2.32. The lowest BCUT2D eigenvalue weighted by Gasteiger charge is -2.38. The zero-order valence-electron chi connectivity index (χ0n) is 17.9. The molecule has 1 unspecified atom stereocenters. The third-order valence-electron chi connectivity index (χ3n) is 5.78. The average molecular weight is 479 g/mol. The van der Waals surface area contributed by atoms with Crippen molar-refractivity contribution >= 4 is 20.2 Å². The predicted molar refractivity (Wildman–Crippen MR) is 126 cm³/mol. The number of piperidine rings is 1. The van der Waals surface area contributed by atoms with Gasteiger partial charge >= 0.3 is 0 Å². The van der Waals surface area contributed by atoms with E-state index < -0.39 is 25.5 Å². The molecule has 32 heavy (non-hydrogen) atoms. The van der Waals surface area contributed by atoms with Crippen LogP contribution in [0, 0.1) is 0 Å². The molecule has 0 amide bonds. The molecule has 1 fully saturated rings. The van der Waals surface area contributed by atoms with Gasteiger partial charge in [-0.25, -0.2) is 13.6 Å². The Morgan fingerprint density at radius 3 is 2.09 bits per heavy atom. The second kappa shape index (κ2) is 10.2. The van der Waals surface area contributed by atoms with Crippen LogP contribution in [0.15, 0.2) is 67.3 Å². The first-order valence-electron chi connectivity index (χ1n) is 10.4. The van der Waals surface area contributed by atoms with Gasteiger partial charge in [-0.1, -0.05) is 60.7 Å². The average Bonchev–Trinajstić information content (AvgIpc) is 2.78. The summed E-state index contributed by atoms with van der Waals surface area (Å²) in [5.41, 5.74) is 8.03. The summed E-state index contributed by atoms with van der Waals surface area (Å²) in [5, 5.41) is 4.32. The highest BCUT2D eigenvalue weighted by Gasteiger charge is 2.38. The Labute approximate surface area is 190 Å². The molecule has 0 radical (unpaired) electrons. The molecule has 0 saturated carbocycles. The van der Waals surface area contributed by atoms with Crippen molar-refractivity contribution in [3.63, 3.8) is 0 Å². The maximum atomic E-state index is 13.9. The largest absolute Gasteiger partial charge is 0.326 e. The molecule has 2 aromatic rings. The summed E-state index contributed by atoms with van der Waals surface area (Å²) in [6, 6.07) is 16.1. The lowest BCUT2D eigenvalue weighted by Crippen LogP contribution is -2.50. The molecule has 0 aromatic heterocycles. The van der Waals surface area contributed by atoms with E-state index >= 15 is 0 Å². The number of hydrogen-bond acceptors (Lipinski definition) is 5. The SMILES string of the molecule is C=CC(c1ccc(CN)cc1)S(=O)(=O)N(Cc1ccccc1)C1CCN(S(N)(=O)=O)CC1. The van der Waals surface area contributed by atoms with Crippen LogP contribution in [0.5, 0.6) is 0 Å². The van der Waals surface area contributed by atoms with Crippen molar-refractivity contribution < 1.29 is 16.8 Å². The Bertz CT molecular complexity index is 1110. The van der Waals surface area contributed by atoms with Gasteiger partial charge in [-0.2, -0.15) is 17.0 Å². The summed E-state index contributed by atoms with van der Waals surface area (Å²) in [6.45, 7) is 4.70. The maximum absolute atomic E-state index is 13.9. The molecule has 1 atom stereocenters. The van der Waals surface area contributed by atoms with Gasteiger partial charge in [0.15, 0.2) is 0 Å². The number of nitrogens with two attached hydrogens (primary N) is 2. The van der Waals surface area contributed by atoms with Crippen molar-refractivity contribution in [1.82, 2.24) is 8.61 Å². The van der Waals surface area contributed by atoms with E-state index in [0.29, 0.717) is 24.9 Å². The minimum Gasteiger partial charge on any atom is -0.326 e. The molecular weight excluding hydrogens is 448 g/mol.